The van der Waals surface area contributed by atoms with Gasteiger partial charge >= 0.3 is 0 Å². The molecule has 3 atom stereocenters. The minimum absolute atomic E-state index is 0.416. The molecule has 3 nitrogen and oxygen atoms in total. The molecule has 1 fully saturated rings. The summed E-state index contributed by atoms with van der Waals surface area (Å²) < 4.78 is 0. The van der Waals surface area contributed by atoms with Crippen molar-refractivity contribution in [1.82, 2.24) is 4.90 Å². The van der Waals surface area contributed by atoms with E-state index in [1.54, 1.807) is 0 Å². The molecule has 1 aromatic rings. The number of benzene rings is 1. The van der Waals surface area contributed by atoms with E-state index >= 15 is 0 Å². The number of aliphatic hydroxyl groups is 1. The number of hydrogen-bond acceptors (Lipinski definition) is 3. The lowest BCUT2D eigenvalue weighted by Gasteiger charge is -2.30. The number of anilines is 1. The van der Waals surface area contributed by atoms with Crippen LogP contribution < -0.4 is 5.73 Å². The molecule has 100 valence electrons. The lowest BCUT2D eigenvalue weighted by molar-refractivity contribution is 0.0860. The predicted molar refractivity (Wildman–Crippen MR) is 75.3 cm³/mol. The highest BCUT2D eigenvalue weighted by atomic mass is 16.3. The van der Waals surface area contributed by atoms with Crippen LogP contribution in [0.25, 0.3) is 0 Å². The first-order valence-electron chi connectivity index (χ1n) is 6.91. The quantitative estimate of drug-likeness (QED) is 0.805. The topological polar surface area (TPSA) is 49.5 Å². The first-order chi connectivity index (χ1) is 8.61. The molecule has 1 aliphatic rings. The van der Waals surface area contributed by atoms with Gasteiger partial charge in [0.1, 0.15) is 0 Å². The zero-order valence-corrected chi connectivity index (χ0v) is 11.3. The van der Waals surface area contributed by atoms with Crippen LogP contribution in [0.4, 0.5) is 5.69 Å². The van der Waals surface area contributed by atoms with Gasteiger partial charge in [0.25, 0.3) is 0 Å². The minimum atomic E-state index is -0.416. The summed E-state index contributed by atoms with van der Waals surface area (Å²) in [5.74, 6) is 0. The Morgan fingerprint density at radius 1 is 1.33 bits per heavy atom. The molecule has 3 N–H and O–H groups in total. The van der Waals surface area contributed by atoms with Crippen molar-refractivity contribution < 1.29 is 5.11 Å². The molecule has 3 heteroatoms. The van der Waals surface area contributed by atoms with Gasteiger partial charge in [-0.25, -0.2) is 0 Å². The summed E-state index contributed by atoms with van der Waals surface area (Å²) in [5.41, 5.74) is 7.36. The van der Waals surface area contributed by atoms with Crippen LogP contribution in [-0.2, 0) is 0 Å². The van der Waals surface area contributed by atoms with Gasteiger partial charge in [-0.3, -0.25) is 4.90 Å². The summed E-state index contributed by atoms with van der Waals surface area (Å²) in [6, 6.07) is 8.75. The van der Waals surface area contributed by atoms with E-state index in [9.17, 15) is 5.11 Å². The third kappa shape index (κ3) is 2.85. The van der Waals surface area contributed by atoms with Gasteiger partial charge in [-0.05, 0) is 43.9 Å². The molecule has 0 aliphatic carbocycles. The predicted octanol–water partition coefficient (Wildman–Crippen LogP) is 2.57. The lowest BCUT2D eigenvalue weighted by Crippen LogP contribution is -2.37. The minimum Gasteiger partial charge on any atom is -0.399 e. The van der Waals surface area contributed by atoms with Crippen molar-refractivity contribution in [3.05, 3.63) is 29.8 Å². The number of nitrogens with two attached hydrogens (primary N) is 1. The van der Waals surface area contributed by atoms with Crippen molar-refractivity contribution in [2.45, 2.75) is 51.3 Å². The van der Waals surface area contributed by atoms with E-state index < -0.39 is 6.10 Å². The van der Waals surface area contributed by atoms with E-state index in [1.807, 2.05) is 24.3 Å². The first-order valence-corrected chi connectivity index (χ1v) is 6.91. The normalized spacial score (nSPS) is 26.4. The van der Waals surface area contributed by atoms with Crippen molar-refractivity contribution >= 4 is 5.69 Å². The molecule has 0 aromatic heterocycles. The van der Waals surface area contributed by atoms with Crippen molar-refractivity contribution in [3.63, 3.8) is 0 Å². The second-order valence-electron chi connectivity index (χ2n) is 5.37. The summed E-state index contributed by atoms with van der Waals surface area (Å²) >= 11 is 0. The van der Waals surface area contributed by atoms with Gasteiger partial charge in [0.05, 0.1) is 6.10 Å². The lowest BCUT2D eigenvalue weighted by atomic mass is 10.1. The zero-order chi connectivity index (χ0) is 13.1. The number of nitrogens with zero attached hydrogens (tertiary/aromatic N) is 1. The molecule has 3 unspecified atom stereocenters. The third-order valence-corrected chi connectivity index (χ3v) is 4.13. The second-order valence-corrected chi connectivity index (χ2v) is 5.37. The van der Waals surface area contributed by atoms with Crippen molar-refractivity contribution in [2.24, 2.45) is 0 Å². The maximum Gasteiger partial charge on any atom is 0.0917 e. The molecule has 0 saturated carbocycles. The fourth-order valence-corrected chi connectivity index (χ4v) is 2.92. The van der Waals surface area contributed by atoms with Gasteiger partial charge < -0.3 is 10.8 Å². The third-order valence-electron chi connectivity index (χ3n) is 4.13. The van der Waals surface area contributed by atoms with E-state index in [4.69, 9.17) is 5.73 Å². The SMILES string of the molecule is CCC1CCC(C)N1CC(O)c1ccc(N)cc1. The Morgan fingerprint density at radius 2 is 2.00 bits per heavy atom. The van der Waals surface area contributed by atoms with E-state index in [2.05, 4.69) is 18.7 Å². The van der Waals surface area contributed by atoms with Gasteiger partial charge in [0, 0.05) is 24.3 Å². The summed E-state index contributed by atoms with van der Waals surface area (Å²) in [7, 11) is 0. The Morgan fingerprint density at radius 3 is 2.61 bits per heavy atom. The number of hydrogen-bond donors (Lipinski definition) is 2. The van der Waals surface area contributed by atoms with Crippen LogP contribution >= 0.6 is 0 Å². The van der Waals surface area contributed by atoms with Crippen LogP contribution in [0.15, 0.2) is 24.3 Å². The Bertz CT molecular complexity index is 377. The van der Waals surface area contributed by atoms with E-state index in [1.165, 1.54) is 19.3 Å². The highest BCUT2D eigenvalue weighted by Gasteiger charge is 2.30. The highest BCUT2D eigenvalue weighted by Crippen LogP contribution is 2.28. The summed E-state index contributed by atoms with van der Waals surface area (Å²) in [6.45, 7) is 5.21. The van der Waals surface area contributed by atoms with Crippen LogP contribution in [-0.4, -0.2) is 28.6 Å². The van der Waals surface area contributed by atoms with Crippen molar-refractivity contribution in [3.8, 4) is 0 Å². The maximum absolute atomic E-state index is 10.3. The fraction of sp³-hybridized carbons (Fsp3) is 0.600. The maximum atomic E-state index is 10.3. The van der Waals surface area contributed by atoms with Gasteiger partial charge in [0.2, 0.25) is 0 Å². The Kier molecular flexibility index (Phi) is 4.25. The highest BCUT2D eigenvalue weighted by molar-refractivity contribution is 5.39. The van der Waals surface area contributed by atoms with E-state index in [0.29, 0.717) is 12.1 Å². The van der Waals surface area contributed by atoms with Crippen LogP contribution in [0, 0.1) is 0 Å². The fourth-order valence-electron chi connectivity index (χ4n) is 2.92. The van der Waals surface area contributed by atoms with Crippen LogP contribution in [0.5, 0.6) is 0 Å². The molecule has 2 rings (SSSR count). The van der Waals surface area contributed by atoms with Gasteiger partial charge in [-0.1, -0.05) is 19.1 Å². The monoisotopic (exact) mass is 248 g/mol. The smallest absolute Gasteiger partial charge is 0.0917 e. The molecule has 1 heterocycles. The van der Waals surface area contributed by atoms with Crippen molar-refractivity contribution in [2.75, 3.05) is 12.3 Å². The van der Waals surface area contributed by atoms with Crippen molar-refractivity contribution in [1.29, 1.82) is 0 Å². The zero-order valence-electron chi connectivity index (χ0n) is 11.3. The molecule has 1 aromatic carbocycles. The molecule has 1 saturated heterocycles. The molecule has 0 spiro atoms. The largest absolute Gasteiger partial charge is 0.399 e. The average Bonchev–Trinajstić information content (AvgIpc) is 2.71. The first kappa shape index (κ1) is 13.4. The molecular weight excluding hydrogens is 224 g/mol. The standard InChI is InChI=1S/C15H24N2O/c1-3-14-9-4-11(2)17(14)10-15(18)12-5-7-13(16)8-6-12/h5-8,11,14-15,18H,3-4,9-10,16H2,1-2H3. The number of likely N-dealkylation sites (tertiary alicyclic amines) is 1. The number of rotatable bonds is 4. The van der Waals surface area contributed by atoms with Crippen LogP contribution in [0.3, 0.4) is 0 Å². The summed E-state index contributed by atoms with van der Waals surface area (Å²) in [4.78, 5) is 2.45. The summed E-state index contributed by atoms with van der Waals surface area (Å²) in [6.07, 6.45) is 3.25. The van der Waals surface area contributed by atoms with E-state index in [-0.39, 0.29) is 0 Å². The molecule has 0 amide bonds. The Labute approximate surface area is 110 Å². The van der Waals surface area contributed by atoms with Crippen LogP contribution in [0.2, 0.25) is 0 Å². The molecule has 0 bridgehead atoms. The van der Waals surface area contributed by atoms with Gasteiger partial charge in [-0.15, -0.1) is 0 Å². The second kappa shape index (κ2) is 5.72. The Balaban J connectivity index is 2.02. The number of β-amino-alcohol motifs (C(OH)–C–C–N with tert-alkyl or cyclic N) is 1. The molecule has 1 aliphatic heterocycles. The van der Waals surface area contributed by atoms with Crippen LogP contribution in [0.1, 0.15) is 44.8 Å². The molecule has 18 heavy (non-hydrogen) atoms. The van der Waals surface area contributed by atoms with Gasteiger partial charge in [0.15, 0.2) is 0 Å². The number of aliphatic hydroxyl groups excluding tert-OH is 1. The molecule has 0 radical (unpaired) electrons. The van der Waals surface area contributed by atoms with E-state index in [0.717, 1.165) is 17.8 Å². The summed E-state index contributed by atoms with van der Waals surface area (Å²) in [5, 5.41) is 10.3. The number of nitrogen functional groups attached to an aromatic ring is 1. The average molecular weight is 248 g/mol. The van der Waals surface area contributed by atoms with Gasteiger partial charge in [-0.2, -0.15) is 0 Å². The molecular formula is C15H24N2O. The Hall–Kier alpha value is -1.06.